The van der Waals surface area contributed by atoms with E-state index in [9.17, 15) is 0 Å². The van der Waals surface area contributed by atoms with Gasteiger partial charge in [-0.05, 0) is 12.1 Å². The molecule has 5 nitrogen and oxygen atoms in total. The van der Waals surface area contributed by atoms with Crippen LogP contribution in [0.5, 0.6) is 0 Å². The van der Waals surface area contributed by atoms with Gasteiger partial charge in [0.1, 0.15) is 5.76 Å². The molecule has 3 heterocycles. The van der Waals surface area contributed by atoms with Crippen LogP contribution in [0.3, 0.4) is 0 Å². The summed E-state index contributed by atoms with van der Waals surface area (Å²) in [6.07, 6.45) is 1.78. The molecule has 0 saturated carbocycles. The fourth-order valence-corrected chi connectivity index (χ4v) is 2.89. The first-order valence-electron chi connectivity index (χ1n) is 7.22. The zero-order valence-electron chi connectivity index (χ0n) is 11.4. The van der Waals surface area contributed by atoms with E-state index in [2.05, 4.69) is 21.2 Å². The molecule has 2 fully saturated rings. The van der Waals surface area contributed by atoms with Crippen molar-refractivity contribution in [3.63, 3.8) is 0 Å². The van der Waals surface area contributed by atoms with Crippen LogP contribution in [-0.2, 0) is 4.74 Å². The van der Waals surface area contributed by atoms with E-state index in [1.807, 2.05) is 6.07 Å². The second-order valence-corrected chi connectivity index (χ2v) is 5.23. The molecule has 2 aliphatic heterocycles. The predicted molar refractivity (Wildman–Crippen MR) is 73.2 cm³/mol. The van der Waals surface area contributed by atoms with Crippen LogP contribution in [0.15, 0.2) is 22.8 Å². The van der Waals surface area contributed by atoms with E-state index in [0.717, 1.165) is 64.8 Å². The lowest BCUT2D eigenvalue weighted by Crippen LogP contribution is -2.49. The van der Waals surface area contributed by atoms with E-state index in [1.165, 1.54) is 0 Å². The molecule has 19 heavy (non-hydrogen) atoms. The lowest BCUT2D eigenvalue weighted by atomic mass is 10.1. The smallest absolute Gasteiger partial charge is 0.122 e. The summed E-state index contributed by atoms with van der Waals surface area (Å²) >= 11 is 0. The van der Waals surface area contributed by atoms with Gasteiger partial charge in [0.2, 0.25) is 0 Å². The van der Waals surface area contributed by atoms with Gasteiger partial charge in [0, 0.05) is 45.8 Å². The number of nitrogens with zero attached hydrogens (tertiary/aromatic N) is 2. The highest BCUT2D eigenvalue weighted by Crippen LogP contribution is 2.23. The largest absolute Gasteiger partial charge is 0.468 e. The minimum absolute atomic E-state index is 0.371. The fourth-order valence-electron chi connectivity index (χ4n) is 2.89. The van der Waals surface area contributed by atoms with Crippen molar-refractivity contribution in [3.05, 3.63) is 24.2 Å². The van der Waals surface area contributed by atoms with E-state index in [0.29, 0.717) is 6.04 Å². The van der Waals surface area contributed by atoms with Crippen LogP contribution in [-0.4, -0.2) is 68.8 Å². The first-order valence-corrected chi connectivity index (χ1v) is 7.22. The van der Waals surface area contributed by atoms with Crippen LogP contribution in [0.2, 0.25) is 0 Å². The van der Waals surface area contributed by atoms with Gasteiger partial charge >= 0.3 is 0 Å². The van der Waals surface area contributed by atoms with E-state index in [4.69, 9.17) is 9.15 Å². The summed E-state index contributed by atoms with van der Waals surface area (Å²) in [6, 6.07) is 4.46. The van der Waals surface area contributed by atoms with Gasteiger partial charge in [0.15, 0.2) is 0 Å². The predicted octanol–water partition coefficient (Wildman–Crippen LogP) is 0.558. The van der Waals surface area contributed by atoms with Crippen LogP contribution in [0, 0.1) is 0 Å². The normalized spacial score (nSPS) is 24.4. The first kappa shape index (κ1) is 13.1. The molecule has 3 rings (SSSR count). The summed E-state index contributed by atoms with van der Waals surface area (Å²) in [4.78, 5) is 5.02. The molecule has 0 aliphatic carbocycles. The third kappa shape index (κ3) is 3.36. The van der Waals surface area contributed by atoms with Gasteiger partial charge in [-0.3, -0.25) is 9.80 Å². The topological polar surface area (TPSA) is 40.9 Å². The second kappa shape index (κ2) is 6.52. The van der Waals surface area contributed by atoms with E-state index in [1.54, 1.807) is 6.26 Å². The van der Waals surface area contributed by atoms with Crippen LogP contribution < -0.4 is 5.32 Å². The third-order valence-corrected chi connectivity index (χ3v) is 4.00. The monoisotopic (exact) mass is 265 g/mol. The van der Waals surface area contributed by atoms with Crippen LogP contribution >= 0.6 is 0 Å². The van der Waals surface area contributed by atoms with E-state index >= 15 is 0 Å². The molecule has 0 radical (unpaired) electrons. The molecule has 2 aliphatic rings. The molecule has 1 aromatic heterocycles. The number of piperazine rings is 1. The Labute approximate surface area is 114 Å². The maximum atomic E-state index is 5.67. The zero-order valence-corrected chi connectivity index (χ0v) is 11.4. The molecule has 0 amide bonds. The summed E-state index contributed by atoms with van der Waals surface area (Å²) in [5.74, 6) is 1.09. The number of furan rings is 1. The molecule has 0 spiro atoms. The van der Waals surface area contributed by atoms with Crippen LogP contribution in [0.4, 0.5) is 0 Å². The van der Waals surface area contributed by atoms with Gasteiger partial charge in [-0.2, -0.15) is 0 Å². The lowest BCUT2D eigenvalue weighted by Gasteiger charge is -2.37. The zero-order chi connectivity index (χ0) is 12.9. The standard InChI is InChI=1S/C14H23N3O2/c1-2-14(19-9-1)13(17-5-3-15-4-6-17)12-16-7-10-18-11-8-16/h1-2,9,13,15H,3-8,10-12H2. The summed E-state index contributed by atoms with van der Waals surface area (Å²) in [7, 11) is 0. The van der Waals surface area contributed by atoms with Crippen LogP contribution in [0.1, 0.15) is 11.8 Å². The molecule has 1 atom stereocenters. The number of hydrogen-bond donors (Lipinski definition) is 1. The molecule has 1 unspecified atom stereocenters. The molecular formula is C14H23N3O2. The van der Waals surface area contributed by atoms with Gasteiger partial charge in [-0.15, -0.1) is 0 Å². The van der Waals surface area contributed by atoms with Crippen molar-refractivity contribution in [1.82, 2.24) is 15.1 Å². The summed E-state index contributed by atoms with van der Waals surface area (Å²) < 4.78 is 11.1. The Morgan fingerprint density at radius 2 is 1.95 bits per heavy atom. The Bertz CT molecular complexity index is 357. The maximum Gasteiger partial charge on any atom is 0.122 e. The highest BCUT2D eigenvalue weighted by molar-refractivity contribution is 5.06. The molecule has 2 saturated heterocycles. The lowest BCUT2D eigenvalue weighted by molar-refractivity contribution is 0.0176. The Morgan fingerprint density at radius 3 is 2.63 bits per heavy atom. The Hall–Kier alpha value is -0.880. The number of ether oxygens (including phenoxy) is 1. The van der Waals surface area contributed by atoms with Gasteiger partial charge in [-0.1, -0.05) is 0 Å². The molecule has 0 aromatic carbocycles. The van der Waals surface area contributed by atoms with Crippen molar-refractivity contribution in [2.24, 2.45) is 0 Å². The first-order chi connectivity index (χ1) is 9.43. The Morgan fingerprint density at radius 1 is 1.16 bits per heavy atom. The number of morpholine rings is 1. The highest BCUT2D eigenvalue weighted by Gasteiger charge is 2.27. The molecule has 0 bridgehead atoms. The number of hydrogen-bond acceptors (Lipinski definition) is 5. The van der Waals surface area contributed by atoms with Crippen molar-refractivity contribution in [2.75, 3.05) is 59.0 Å². The third-order valence-electron chi connectivity index (χ3n) is 4.00. The van der Waals surface area contributed by atoms with E-state index < -0.39 is 0 Å². The number of rotatable bonds is 4. The van der Waals surface area contributed by atoms with E-state index in [-0.39, 0.29) is 0 Å². The van der Waals surface area contributed by atoms with Crippen molar-refractivity contribution in [2.45, 2.75) is 6.04 Å². The molecule has 1 N–H and O–H groups in total. The molecule has 1 aromatic rings. The highest BCUT2D eigenvalue weighted by atomic mass is 16.5. The second-order valence-electron chi connectivity index (χ2n) is 5.23. The maximum absolute atomic E-state index is 5.67. The molecule has 106 valence electrons. The molecular weight excluding hydrogens is 242 g/mol. The van der Waals surface area contributed by atoms with Gasteiger partial charge < -0.3 is 14.5 Å². The molecule has 5 heteroatoms. The average Bonchev–Trinajstić information content (AvgIpc) is 3.01. The fraction of sp³-hybridized carbons (Fsp3) is 0.714. The Balaban J connectivity index is 1.68. The minimum Gasteiger partial charge on any atom is -0.468 e. The van der Waals surface area contributed by atoms with Crippen molar-refractivity contribution in [3.8, 4) is 0 Å². The van der Waals surface area contributed by atoms with Crippen molar-refractivity contribution < 1.29 is 9.15 Å². The van der Waals surface area contributed by atoms with Gasteiger partial charge in [0.25, 0.3) is 0 Å². The summed E-state index contributed by atoms with van der Waals surface area (Å²) in [5, 5.41) is 3.41. The quantitative estimate of drug-likeness (QED) is 0.861. The minimum atomic E-state index is 0.371. The van der Waals surface area contributed by atoms with Crippen LogP contribution in [0.25, 0.3) is 0 Å². The van der Waals surface area contributed by atoms with Gasteiger partial charge in [0.05, 0.1) is 25.5 Å². The summed E-state index contributed by atoms with van der Waals surface area (Å²) in [5.41, 5.74) is 0. The average molecular weight is 265 g/mol. The summed E-state index contributed by atoms with van der Waals surface area (Å²) in [6.45, 7) is 9.13. The van der Waals surface area contributed by atoms with Crippen molar-refractivity contribution in [1.29, 1.82) is 0 Å². The Kier molecular flexibility index (Phi) is 4.50. The van der Waals surface area contributed by atoms with Crippen molar-refractivity contribution >= 4 is 0 Å². The SMILES string of the molecule is c1coc(C(CN2CCOCC2)N2CCNCC2)c1. The number of nitrogens with one attached hydrogen (secondary N) is 1. The van der Waals surface area contributed by atoms with Gasteiger partial charge in [-0.25, -0.2) is 0 Å².